The summed E-state index contributed by atoms with van der Waals surface area (Å²) < 4.78 is 15.7. The number of aliphatic hydroxyl groups excluding tert-OH is 1. The van der Waals surface area contributed by atoms with Crippen LogP contribution in [0.15, 0.2) is 0 Å². The third kappa shape index (κ3) is 7.81. The summed E-state index contributed by atoms with van der Waals surface area (Å²) in [6, 6.07) is 0. The van der Waals surface area contributed by atoms with E-state index in [1.54, 1.807) is 0 Å². The van der Waals surface area contributed by atoms with E-state index >= 15 is 0 Å². The lowest BCUT2D eigenvalue weighted by atomic mass is 10.0. The number of hydrogen-bond acceptors (Lipinski definition) is 6. The van der Waals surface area contributed by atoms with E-state index in [1.807, 2.05) is 13.8 Å². The summed E-state index contributed by atoms with van der Waals surface area (Å²) >= 11 is 0. The van der Waals surface area contributed by atoms with Crippen LogP contribution >= 0.6 is 0 Å². The summed E-state index contributed by atoms with van der Waals surface area (Å²) in [4.78, 5) is 0. The van der Waals surface area contributed by atoms with Crippen LogP contribution in [-0.4, -0.2) is 74.1 Å². The Labute approximate surface area is 115 Å². The molecule has 1 rings (SSSR count). The van der Waals surface area contributed by atoms with Gasteiger partial charge in [0.2, 0.25) is 0 Å². The highest BCUT2D eigenvalue weighted by atomic mass is 16.5. The summed E-state index contributed by atoms with van der Waals surface area (Å²) in [5.74, 6) is 0. The quantitative estimate of drug-likeness (QED) is 0.469. The van der Waals surface area contributed by atoms with Crippen molar-refractivity contribution in [3.8, 4) is 0 Å². The van der Waals surface area contributed by atoms with Crippen molar-refractivity contribution in [3.05, 3.63) is 0 Å². The third-order valence-electron chi connectivity index (χ3n) is 2.91. The predicted octanol–water partition coefficient (Wildman–Crippen LogP) is -0.470. The SMILES string of the molecule is CC(C)OCCOCC(O)CNCC1(O)CCOC1. The highest BCUT2D eigenvalue weighted by molar-refractivity contribution is 4.85. The maximum atomic E-state index is 9.99. The van der Waals surface area contributed by atoms with Gasteiger partial charge in [-0.05, 0) is 13.8 Å². The van der Waals surface area contributed by atoms with Crippen molar-refractivity contribution in [3.63, 3.8) is 0 Å². The van der Waals surface area contributed by atoms with Crippen molar-refractivity contribution >= 4 is 0 Å². The second-order valence-electron chi connectivity index (χ2n) is 5.31. The average Bonchev–Trinajstić information content (AvgIpc) is 2.75. The van der Waals surface area contributed by atoms with Gasteiger partial charge in [-0.25, -0.2) is 0 Å². The molecule has 1 heterocycles. The molecule has 3 N–H and O–H groups in total. The molecule has 0 aromatic rings. The smallest absolute Gasteiger partial charge is 0.102 e. The van der Waals surface area contributed by atoms with Gasteiger partial charge in [0.25, 0.3) is 0 Å². The molecule has 2 unspecified atom stereocenters. The van der Waals surface area contributed by atoms with Crippen molar-refractivity contribution in [1.29, 1.82) is 0 Å². The third-order valence-corrected chi connectivity index (χ3v) is 2.91. The fourth-order valence-corrected chi connectivity index (χ4v) is 1.83. The van der Waals surface area contributed by atoms with Gasteiger partial charge in [0, 0.05) is 26.1 Å². The Bertz CT molecular complexity index is 231. The van der Waals surface area contributed by atoms with Gasteiger partial charge in [-0.3, -0.25) is 0 Å². The standard InChI is InChI=1S/C13H27NO5/c1-11(2)19-6-5-17-8-12(15)7-14-9-13(16)3-4-18-10-13/h11-12,14-16H,3-10H2,1-2H3. The maximum absolute atomic E-state index is 9.99. The maximum Gasteiger partial charge on any atom is 0.102 e. The van der Waals surface area contributed by atoms with Gasteiger partial charge in [0.05, 0.1) is 38.6 Å². The van der Waals surface area contributed by atoms with Crippen molar-refractivity contribution < 1.29 is 24.4 Å². The van der Waals surface area contributed by atoms with Crippen LogP contribution < -0.4 is 5.32 Å². The topological polar surface area (TPSA) is 80.2 Å². The lowest BCUT2D eigenvalue weighted by molar-refractivity contribution is -0.0131. The van der Waals surface area contributed by atoms with Crippen LogP contribution in [0.3, 0.4) is 0 Å². The molecule has 6 heteroatoms. The molecule has 0 aromatic carbocycles. The van der Waals surface area contributed by atoms with Gasteiger partial charge in [-0.2, -0.15) is 0 Å². The molecule has 0 radical (unpaired) electrons. The van der Waals surface area contributed by atoms with E-state index in [4.69, 9.17) is 14.2 Å². The van der Waals surface area contributed by atoms with Crippen molar-refractivity contribution in [1.82, 2.24) is 5.32 Å². The molecule has 1 saturated heterocycles. The molecule has 0 spiro atoms. The van der Waals surface area contributed by atoms with E-state index in [1.165, 1.54) is 0 Å². The number of rotatable bonds is 10. The van der Waals surface area contributed by atoms with Crippen LogP contribution in [0.2, 0.25) is 0 Å². The lowest BCUT2D eigenvalue weighted by Crippen LogP contribution is -2.44. The summed E-state index contributed by atoms with van der Waals surface area (Å²) in [6.45, 7) is 7.00. The van der Waals surface area contributed by atoms with Crippen LogP contribution in [0.5, 0.6) is 0 Å². The van der Waals surface area contributed by atoms with Gasteiger partial charge >= 0.3 is 0 Å². The molecule has 114 valence electrons. The van der Waals surface area contributed by atoms with E-state index in [-0.39, 0.29) is 12.7 Å². The van der Waals surface area contributed by atoms with E-state index in [0.717, 1.165) is 0 Å². The van der Waals surface area contributed by atoms with Crippen LogP contribution in [-0.2, 0) is 14.2 Å². The Balaban J connectivity index is 1.94. The van der Waals surface area contributed by atoms with Gasteiger partial charge in [0.1, 0.15) is 5.60 Å². The zero-order valence-electron chi connectivity index (χ0n) is 11.9. The zero-order valence-corrected chi connectivity index (χ0v) is 11.9. The molecular weight excluding hydrogens is 250 g/mol. The Morgan fingerprint density at radius 1 is 1.37 bits per heavy atom. The van der Waals surface area contributed by atoms with Gasteiger partial charge in [-0.1, -0.05) is 0 Å². The van der Waals surface area contributed by atoms with Crippen molar-refractivity contribution in [2.75, 3.05) is 46.1 Å². The minimum absolute atomic E-state index is 0.199. The largest absolute Gasteiger partial charge is 0.389 e. The number of hydrogen-bond donors (Lipinski definition) is 3. The number of nitrogens with one attached hydrogen (secondary N) is 1. The van der Waals surface area contributed by atoms with Crippen LogP contribution in [0.25, 0.3) is 0 Å². The van der Waals surface area contributed by atoms with Crippen LogP contribution in [0.4, 0.5) is 0 Å². The molecular formula is C13H27NO5. The number of aliphatic hydroxyl groups is 2. The van der Waals surface area contributed by atoms with Gasteiger partial charge in [-0.15, -0.1) is 0 Å². The Hall–Kier alpha value is -0.240. The minimum Gasteiger partial charge on any atom is -0.389 e. The second-order valence-corrected chi connectivity index (χ2v) is 5.31. The molecule has 6 nitrogen and oxygen atoms in total. The highest BCUT2D eigenvalue weighted by Gasteiger charge is 2.31. The number of ether oxygens (including phenoxy) is 3. The van der Waals surface area contributed by atoms with E-state index < -0.39 is 11.7 Å². The monoisotopic (exact) mass is 277 g/mol. The lowest BCUT2D eigenvalue weighted by Gasteiger charge is -2.21. The molecule has 0 bridgehead atoms. The molecule has 1 aliphatic heterocycles. The molecule has 0 amide bonds. The average molecular weight is 277 g/mol. The summed E-state index contributed by atoms with van der Waals surface area (Å²) in [5.41, 5.74) is -0.786. The van der Waals surface area contributed by atoms with Crippen LogP contribution in [0.1, 0.15) is 20.3 Å². The Morgan fingerprint density at radius 2 is 2.16 bits per heavy atom. The minimum atomic E-state index is -0.786. The van der Waals surface area contributed by atoms with Crippen molar-refractivity contribution in [2.45, 2.75) is 38.1 Å². The molecule has 1 fully saturated rings. The fraction of sp³-hybridized carbons (Fsp3) is 1.00. The van der Waals surface area contributed by atoms with E-state index in [9.17, 15) is 10.2 Å². The van der Waals surface area contributed by atoms with E-state index in [0.29, 0.717) is 45.9 Å². The van der Waals surface area contributed by atoms with E-state index in [2.05, 4.69) is 5.32 Å². The van der Waals surface area contributed by atoms with Crippen molar-refractivity contribution in [2.24, 2.45) is 0 Å². The fourth-order valence-electron chi connectivity index (χ4n) is 1.83. The summed E-state index contributed by atoms with van der Waals surface area (Å²) in [5, 5.41) is 22.7. The Morgan fingerprint density at radius 3 is 2.79 bits per heavy atom. The first-order chi connectivity index (χ1) is 9.02. The molecule has 0 aliphatic carbocycles. The molecule has 1 aliphatic rings. The molecule has 2 atom stereocenters. The summed E-state index contributed by atoms with van der Waals surface area (Å²) in [7, 11) is 0. The normalized spacial score (nSPS) is 25.1. The first-order valence-corrected chi connectivity index (χ1v) is 6.90. The van der Waals surface area contributed by atoms with Crippen LogP contribution in [0, 0.1) is 0 Å². The zero-order chi connectivity index (χ0) is 14.1. The first kappa shape index (κ1) is 16.8. The molecule has 0 saturated carbocycles. The molecule has 19 heavy (non-hydrogen) atoms. The molecule has 0 aromatic heterocycles. The second kappa shape index (κ2) is 8.84. The van der Waals surface area contributed by atoms with Gasteiger partial charge < -0.3 is 29.7 Å². The highest BCUT2D eigenvalue weighted by Crippen LogP contribution is 2.16. The summed E-state index contributed by atoms with van der Waals surface area (Å²) in [6.07, 6.45) is 0.258. The predicted molar refractivity (Wildman–Crippen MR) is 71.2 cm³/mol. The Kier molecular flexibility index (Phi) is 7.82. The van der Waals surface area contributed by atoms with Gasteiger partial charge in [0.15, 0.2) is 0 Å². The first-order valence-electron chi connectivity index (χ1n) is 6.90.